The molecule has 114 valence electrons. The second-order valence-corrected chi connectivity index (χ2v) is 4.40. The molecular weight excluding hydrogens is 258 g/mol. The summed E-state index contributed by atoms with van der Waals surface area (Å²) in [4.78, 5) is 8.59. The van der Waals surface area contributed by atoms with Gasteiger partial charge in [-0.05, 0) is 19.8 Å². The van der Waals surface area contributed by atoms with Crippen molar-refractivity contribution in [2.45, 2.75) is 39.2 Å². The van der Waals surface area contributed by atoms with Gasteiger partial charge in [0.25, 0.3) is 0 Å². The number of aliphatic hydroxyl groups excluding tert-OH is 1. The lowest BCUT2D eigenvalue weighted by Crippen LogP contribution is -2.13. The zero-order valence-corrected chi connectivity index (χ0v) is 12.1. The van der Waals surface area contributed by atoms with Crippen LogP contribution in [0.25, 0.3) is 0 Å². The first-order chi connectivity index (χ1) is 9.80. The van der Waals surface area contributed by atoms with Crippen molar-refractivity contribution in [3.8, 4) is 0 Å². The number of nitrogens with zero attached hydrogens (tertiary/aromatic N) is 2. The van der Waals surface area contributed by atoms with E-state index in [1.165, 1.54) is 0 Å². The first-order valence-corrected chi connectivity index (χ1v) is 7.07. The van der Waals surface area contributed by atoms with Crippen LogP contribution in [-0.2, 0) is 11.3 Å². The largest absolute Gasteiger partial charge is 0.396 e. The summed E-state index contributed by atoms with van der Waals surface area (Å²) in [7, 11) is 0. The van der Waals surface area contributed by atoms with E-state index in [0.717, 1.165) is 38.0 Å². The maximum absolute atomic E-state index is 8.70. The fourth-order valence-corrected chi connectivity index (χ4v) is 1.73. The molecule has 7 heteroatoms. The summed E-state index contributed by atoms with van der Waals surface area (Å²) in [5.74, 6) is 7.30. The normalized spacial score (nSPS) is 10.6. The molecule has 0 aliphatic carbocycles. The molecule has 1 aromatic heterocycles. The minimum absolute atomic E-state index is 0.270. The maximum Gasteiger partial charge on any atom is 0.158 e. The number of nitrogens with two attached hydrogens (primary N) is 1. The molecule has 0 amide bonds. The van der Waals surface area contributed by atoms with E-state index < -0.39 is 0 Å². The van der Waals surface area contributed by atoms with Gasteiger partial charge in [0.05, 0.1) is 0 Å². The van der Waals surface area contributed by atoms with E-state index in [0.29, 0.717) is 24.9 Å². The van der Waals surface area contributed by atoms with Crippen LogP contribution in [0, 0.1) is 0 Å². The molecule has 0 bridgehead atoms. The Kier molecular flexibility index (Phi) is 8.61. The molecule has 0 aliphatic heterocycles. The van der Waals surface area contributed by atoms with E-state index in [1.807, 2.05) is 6.92 Å². The Morgan fingerprint density at radius 1 is 1.20 bits per heavy atom. The smallest absolute Gasteiger partial charge is 0.158 e. The van der Waals surface area contributed by atoms with Crippen LogP contribution in [0.15, 0.2) is 6.07 Å². The Morgan fingerprint density at radius 2 is 1.95 bits per heavy atom. The Bertz CT molecular complexity index is 376. The second-order valence-electron chi connectivity index (χ2n) is 4.40. The zero-order valence-electron chi connectivity index (χ0n) is 12.1. The topological polar surface area (TPSA) is 105 Å². The van der Waals surface area contributed by atoms with E-state index in [-0.39, 0.29) is 6.61 Å². The van der Waals surface area contributed by atoms with Crippen LogP contribution in [0.1, 0.15) is 38.4 Å². The first kappa shape index (κ1) is 16.6. The summed E-state index contributed by atoms with van der Waals surface area (Å²) in [6, 6.07) is 1.77. The molecule has 0 radical (unpaired) electrons. The van der Waals surface area contributed by atoms with Gasteiger partial charge in [0, 0.05) is 25.8 Å². The number of aromatic nitrogens is 2. The van der Waals surface area contributed by atoms with Crippen molar-refractivity contribution in [1.29, 1.82) is 0 Å². The fourth-order valence-electron chi connectivity index (χ4n) is 1.73. The van der Waals surface area contributed by atoms with E-state index >= 15 is 0 Å². The molecule has 7 nitrogen and oxygen atoms in total. The minimum atomic E-state index is 0.270. The van der Waals surface area contributed by atoms with Crippen molar-refractivity contribution < 1.29 is 9.84 Å². The van der Waals surface area contributed by atoms with Gasteiger partial charge < -0.3 is 20.6 Å². The molecule has 1 rings (SSSR count). The predicted octanol–water partition coefficient (Wildman–Crippen LogP) is 1.26. The Balaban J connectivity index is 2.42. The van der Waals surface area contributed by atoms with Crippen LogP contribution in [0.5, 0.6) is 0 Å². The predicted molar refractivity (Wildman–Crippen MR) is 79.2 cm³/mol. The molecular formula is C13H25N5O2. The van der Waals surface area contributed by atoms with Crippen LogP contribution < -0.4 is 16.6 Å². The molecule has 5 N–H and O–H groups in total. The molecule has 1 aromatic rings. The second kappa shape index (κ2) is 10.4. The van der Waals surface area contributed by atoms with Gasteiger partial charge in [0.1, 0.15) is 18.2 Å². The number of rotatable bonds is 11. The van der Waals surface area contributed by atoms with Crippen LogP contribution in [-0.4, -0.2) is 34.8 Å². The van der Waals surface area contributed by atoms with E-state index in [4.69, 9.17) is 15.7 Å². The summed E-state index contributed by atoms with van der Waals surface area (Å²) in [6.07, 6.45) is 4.04. The average molecular weight is 283 g/mol. The molecule has 0 saturated carbocycles. The van der Waals surface area contributed by atoms with Gasteiger partial charge in [-0.15, -0.1) is 0 Å². The summed E-state index contributed by atoms with van der Waals surface area (Å²) >= 11 is 0. The Hall–Kier alpha value is -1.44. The van der Waals surface area contributed by atoms with Crippen LogP contribution in [0.4, 0.5) is 11.6 Å². The molecule has 1 heterocycles. The van der Waals surface area contributed by atoms with E-state index in [2.05, 4.69) is 20.7 Å². The zero-order chi connectivity index (χ0) is 14.6. The van der Waals surface area contributed by atoms with Gasteiger partial charge in [-0.3, -0.25) is 0 Å². The monoisotopic (exact) mass is 283 g/mol. The summed E-state index contributed by atoms with van der Waals surface area (Å²) in [5.41, 5.74) is 2.53. The first-order valence-electron chi connectivity index (χ1n) is 7.07. The van der Waals surface area contributed by atoms with Gasteiger partial charge in [0.2, 0.25) is 0 Å². The van der Waals surface area contributed by atoms with Gasteiger partial charge >= 0.3 is 0 Å². The molecule has 20 heavy (non-hydrogen) atoms. The van der Waals surface area contributed by atoms with Gasteiger partial charge in [-0.2, -0.15) is 0 Å². The quantitative estimate of drug-likeness (QED) is 0.275. The third kappa shape index (κ3) is 6.65. The fraction of sp³-hybridized carbons (Fsp3) is 0.692. The number of hydrogen-bond acceptors (Lipinski definition) is 7. The van der Waals surface area contributed by atoms with E-state index in [9.17, 15) is 0 Å². The lowest BCUT2D eigenvalue weighted by atomic mass is 10.2. The van der Waals surface area contributed by atoms with Gasteiger partial charge in [0.15, 0.2) is 5.82 Å². The highest BCUT2D eigenvalue weighted by atomic mass is 16.5. The Labute approximate surface area is 119 Å². The highest BCUT2D eigenvalue weighted by Crippen LogP contribution is 2.11. The third-order valence-electron chi connectivity index (χ3n) is 2.75. The summed E-state index contributed by atoms with van der Waals surface area (Å²) in [6.45, 7) is 4.03. The van der Waals surface area contributed by atoms with Crippen molar-refractivity contribution in [3.63, 3.8) is 0 Å². The molecule has 0 saturated heterocycles. The minimum Gasteiger partial charge on any atom is -0.396 e. The number of anilines is 2. The Morgan fingerprint density at radius 3 is 2.65 bits per heavy atom. The molecule has 0 aromatic carbocycles. The van der Waals surface area contributed by atoms with Gasteiger partial charge in [-0.1, -0.05) is 12.8 Å². The third-order valence-corrected chi connectivity index (χ3v) is 2.75. The van der Waals surface area contributed by atoms with Crippen LogP contribution >= 0.6 is 0 Å². The number of unbranched alkanes of at least 4 members (excludes halogenated alkanes) is 3. The van der Waals surface area contributed by atoms with Crippen molar-refractivity contribution in [2.24, 2.45) is 5.84 Å². The number of nitrogen functional groups attached to an aromatic ring is 1. The summed E-state index contributed by atoms with van der Waals surface area (Å²) in [5, 5.41) is 11.9. The van der Waals surface area contributed by atoms with Gasteiger partial charge in [-0.25, -0.2) is 15.8 Å². The van der Waals surface area contributed by atoms with Crippen molar-refractivity contribution in [2.75, 3.05) is 30.5 Å². The number of ether oxygens (including phenoxy) is 1. The van der Waals surface area contributed by atoms with Crippen molar-refractivity contribution in [1.82, 2.24) is 9.97 Å². The number of hydrazine groups is 1. The molecule has 0 atom stereocenters. The maximum atomic E-state index is 8.70. The van der Waals surface area contributed by atoms with E-state index in [1.54, 1.807) is 6.07 Å². The highest BCUT2D eigenvalue weighted by molar-refractivity contribution is 5.46. The lowest BCUT2D eigenvalue weighted by Gasteiger charge is -2.09. The SMILES string of the molecule is CCOCc1nc(NN)cc(NCCCCCCO)n1. The number of nitrogens with one attached hydrogen (secondary N) is 2. The van der Waals surface area contributed by atoms with Crippen molar-refractivity contribution in [3.05, 3.63) is 11.9 Å². The summed E-state index contributed by atoms with van der Waals surface area (Å²) < 4.78 is 5.30. The molecule has 0 aliphatic rings. The standard InChI is InChI=1S/C13H25N5O2/c1-2-20-10-13-16-11(9-12(17-13)18-14)15-7-5-3-4-6-8-19/h9,19H,2-8,10,14H2,1H3,(H2,15,16,17,18). The number of hydrogen-bond donors (Lipinski definition) is 4. The van der Waals surface area contributed by atoms with Crippen LogP contribution in [0.3, 0.4) is 0 Å². The lowest BCUT2D eigenvalue weighted by molar-refractivity contribution is 0.128. The highest BCUT2D eigenvalue weighted by Gasteiger charge is 2.04. The molecule has 0 fully saturated rings. The van der Waals surface area contributed by atoms with Crippen molar-refractivity contribution >= 4 is 11.6 Å². The molecule has 0 spiro atoms. The number of aliphatic hydroxyl groups is 1. The van der Waals surface area contributed by atoms with Crippen LogP contribution in [0.2, 0.25) is 0 Å². The average Bonchev–Trinajstić information content (AvgIpc) is 2.48. The molecule has 0 unspecified atom stereocenters.